The van der Waals surface area contributed by atoms with E-state index in [0.29, 0.717) is 0 Å². The Kier molecular flexibility index (Phi) is 2.12. The highest BCUT2D eigenvalue weighted by Gasteiger charge is 2.28. The van der Waals surface area contributed by atoms with Gasteiger partial charge in [0.2, 0.25) is 0 Å². The first-order valence-electron chi connectivity index (χ1n) is 2.66. The third-order valence-electron chi connectivity index (χ3n) is 1.19. The number of thiol groups is 1. The Balaban J connectivity index is 2.40. The largest absolute Gasteiger partial charge is 0.363 e. The summed E-state index contributed by atoms with van der Waals surface area (Å²) >= 11 is 6.00. The highest BCUT2D eigenvalue weighted by atomic mass is 32.2. The lowest BCUT2D eigenvalue weighted by atomic mass is 10.5. The van der Waals surface area contributed by atoms with Crippen LogP contribution in [-0.2, 0) is 4.74 Å². The zero-order valence-electron chi connectivity index (χ0n) is 4.89. The number of hydrogen-bond acceptors (Lipinski definition) is 3. The molecule has 1 fully saturated rings. The van der Waals surface area contributed by atoms with E-state index < -0.39 is 0 Å². The molecule has 1 heterocycles. The molecule has 0 radical (unpaired) electrons. The third kappa shape index (κ3) is 1.33. The molecule has 1 aliphatic rings. The van der Waals surface area contributed by atoms with Crippen LogP contribution in [0.15, 0.2) is 0 Å². The molecule has 0 aromatic heterocycles. The second-order valence-electron chi connectivity index (χ2n) is 1.99. The second kappa shape index (κ2) is 2.50. The van der Waals surface area contributed by atoms with E-state index in [1.165, 1.54) is 0 Å². The predicted octanol–water partition coefficient (Wildman–Crippen LogP) is 1.40. The normalized spacial score (nSPS) is 38.2. The average molecular weight is 150 g/mol. The van der Waals surface area contributed by atoms with Gasteiger partial charge in [0.15, 0.2) is 0 Å². The van der Waals surface area contributed by atoms with E-state index in [4.69, 9.17) is 4.74 Å². The van der Waals surface area contributed by atoms with Crippen molar-refractivity contribution >= 4 is 24.4 Å². The van der Waals surface area contributed by atoms with Gasteiger partial charge in [-0.25, -0.2) is 0 Å². The van der Waals surface area contributed by atoms with Crippen molar-refractivity contribution in [1.29, 1.82) is 0 Å². The number of ether oxygens (including phenoxy) is 1. The molecule has 1 nitrogen and oxygen atoms in total. The summed E-state index contributed by atoms with van der Waals surface area (Å²) in [7, 11) is 0. The van der Waals surface area contributed by atoms with Crippen molar-refractivity contribution in [1.82, 2.24) is 0 Å². The molecular formula is C5H10OS2. The maximum absolute atomic E-state index is 5.38. The molecule has 0 amide bonds. The van der Waals surface area contributed by atoms with E-state index in [0.717, 1.165) is 18.1 Å². The van der Waals surface area contributed by atoms with Crippen LogP contribution >= 0.6 is 24.4 Å². The van der Waals surface area contributed by atoms with Crippen molar-refractivity contribution < 1.29 is 4.74 Å². The standard InChI is InChI=1S/C5H10OS2/c1-5(4-7)6-2-3-8-5/h7H,2-4H2,1H3. The lowest BCUT2D eigenvalue weighted by Crippen LogP contribution is -2.20. The van der Waals surface area contributed by atoms with Crippen LogP contribution in [0.4, 0.5) is 0 Å². The van der Waals surface area contributed by atoms with Gasteiger partial charge in [0.1, 0.15) is 4.93 Å². The molecule has 1 aliphatic heterocycles. The lowest BCUT2D eigenvalue weighted by Gasteiger charge is -2.17. The van der Waals surface area contributed by atoms with Crippen LogP contribution in [0.1, 0.15) is 6.92 Å². The van der Waals surface area contributed by atoms with Crippen molar-refractivity contribution in [3.05, 3.63) is 0 Å². The van der Waals surface area contributed by atoms with Gasteiger partial charge >= 0.3 is 0 Å². The molecule has 0 aromatic carbocycles. The number of thioether (sulfide) groups is 1. The molecule has 0 aromatic rings. The van der Waals surface area contributed by atoms with Gasteiger partial charge in [-0.15, -0.1) is 11.8 Å². The molecule has 3 heteroatoms. The Morgan fingerprint density at radius 3 is 2.88 bits per heavy atom. The van der Waals surface area contributed by atoms with Crippen LogP contribution in [0.3, 0.4) is 0 Å². The van der Waals surface area contributed by atoms with Crippen LogP contribution in [0.25, 0.3) is 0 Å². The van der Waals surface area contributed by atoms with E-state index in [1.54, 1.807) is 0 Å². The molecule has 0 saturated carbocycles. The van der Waals surface area contributed by atoms with Gasteiger partial charge < -0.3 is 4.74 Å². The minimum absolute atomic E-state index is 0.0170. The average Bonchev–Trinajstić information content (AvgIpc) is 2.17. The minimum atomic E-state index is 0.0170. The van der Waals surface area contributed by atoms with E-state index in [2.05, 4.69) is 19.6 Å². The fourth-order valence-corrected chi connectivity index (χ4v) is 1.87. The molecule has 48 valence electrons. The Morgan fingerprint density at radius 2 is 2.62 bits per heavy atom. The van der Waals surface area contributed by atoms with Crippen LogP contribution in [-0.4, -0.2) is 23.0 Å². The van der Waals surface area contributed by atoms with Crippen LogP contribution in [0.2, 0.25) is 0 Å². The Labute approximate surface area is 59.6 Å². The molecular weight excluding hydrogens is 140 g/mol. The summed E-state index contributed by atoms with van der Waals surface area (Å²) in [5, 5.41) is 0. The van der Waals surface area contributed by atoms with Crippen molar-refractivity contribution in [2.75, 3.05) is 18.1 Å². The monoisotopic (exact) mass is 150 g/mol. The highest BCUT2D eigenvalue weighted by Crippen LogP contribution is 2.32. The van der Waals surface area contributed by atoms with Crippen molar-refractivity contribution in [2.24, 2.45) is 0 Å². The fourth-order valence-electron chi connectivity index (χ4n) is 0.648. The SMILES string of the molecule is CC1(CS)OCCS1. The Bertz CT molecular complexity index is 78.5. The molecule has 1 atom stereocenters. The minimum Gasteiger partial charge on any atom is -0.363 e. The maximum Gasteiger partial charge on any atom is 0.119 e. The summed E-state index contributed by atoms with van der Waals surface area (Å²) in [6.07, 6.45) is 0. The highest BCUT2D eigenvalue weighted by molar-refractivity contribution is 8.01. The summed E-state index contributed by atoms with van der Waals surface area (Å²) in [5.74, 6) is 1.94. The van der Waals surface area contributed by atoms with Crippen molar-refractivity contribution in [2.45, 2.75) is 11.9 Å². The summed E-state index contributed by atoms with van der Waals surface area (Å²) in [5.41, 5.74) is 0. The molecule has 1 unspecified atom stereocenters. The first kappa shape index (κ1) is 6.78. The van der Waals surface area contributed by atoms with Gasteiger partial charge in [-0.05, 0) is 6.92 Å². The predicted molar refractivity (Wildman–Crippen MR) is 40.7 cm³/mol. The first-order chi connectivity index (χ1) is 3.77. The van der Waals surface area contributed by atoms with Crippen LogP contribution in [0.5, 0.6) is 0 Å². The summed E-state index contributed by atoms with van der Waals surface area (Å²) in [6.45, 7) is 2.97. The first-order valence-corrected chi connectivity index (χ1v) is 4.27. The van der Waals surface area contributed by atoms with Crippen LogP contribution < -0.4 is 0 Å². The summed E-state index contributed by atoms with van der Waals surface area (Å²) in [6, 6.07) is 0. The van der Waals surface area contributed by atoms with E-state index in [1.807, 2.05) is 11.8 Å². The van der Waals surface area contributed by atoms with Gasteiger partial charge in [-0.3, -0.25) is 0 Å². The molecule has 8 heavy (non-hydrogen) atoms. The smallest absolute Gasteiger partial charge is 0.119 e. The van der Waals surface area contributed by atoms with Crippen molar-refractivity contribution in [3.8, 4) is 0 Å². The summed E-state index contributed by atoms with van der Waals surface area (Å²) in [4.78, 5) is 0.0170. The van der Waals surface area contributed by atoms with Crippen LogP contribution in [0, 0.1) is 0 Å². The Morgan fingerprint density at radius 1 is 1.88 bits per heavy atom. The molecule has 0 spiro atoms. The molecule has 1 saturated heterocycles. The zero-order valence-corrected chi connectivity index (χ0v) is 6.60. The lowest BCUT2D eigenvalue weighted by molar-refractivity contribution is 0.0845. The molecule has 1 rings (SSSR count). The summed E-state index contributed by atoms with van der Waals surface area (Å²) < 4.78 is 5.38. The topological polar surface area (TPSA) is 9.23 Å². The van der Waals surface area contributed by atoms with Gasteiger partial charge in [0, 0.05) is 11.5 Å². The zero-order chi connectivity index (χ0) is 6.04. The van der Waals surface area contributed by atoms with Gasteiger partial charge in [-0.1, -0.05) is 0 Å². The van der Waals surface area contributed by atoms with Gasteiger partial charge in [0.05, 0.1) is 6.61 Å². The molecule has 0 aliphatic carbocycles. The quantitative estimate of drug-likeness (QED) is 0.566. The Hall–Kier alpha value is 0.660. The van der Waals surface area contributed by atoms with Gasteiger partial charge in [-0.2, -0.15) is 12.6 Å². The molecule has 0 bridgehead atoms. The van der Waals surface area contributed by atoms with Gasteiger partial charge in [0.25, 0.3) is 0 Å². The maximum atomic E-state index is 5.38. The second-order valence-corrected chi connectivity index (χ2v) is 3.87. The number of rotatable bonds is 1. The fraction of sp³-hybridized carbons (Fsp3) is 1.00. The van der Waals surface area contributed by atoms with E-state index in [9.17, 15) is 0 Å². The third-order valence-corrected chi connectivity index (χ3v) is 3.25. The van der Waals surface area contributed by atoms with Crippen molar-refractivity contribution in [3.63, 3.8) is 0 Å². The van der Waals surface area contributed by atoms with E-state index in [-0.39, 0.29) is 4.93 Å². The van der Waals surface area contributed by atoms with E-state index >= 15 is 0 Å². The molecule has 0 N–H and O–H groups in total. The number of hydrogen-bond donors (Lipinski definition) is 1.